The third kappa shape index (κ3) is 4.50. The van der Waals surface area contributed by atoms with Gasteiger partial charge in [-0.15, -0.1) is 10.2 Å². The van der Waals surface area contributed by atoms with Gasteiger partial charge in [-0.3, -0.25) is 4.79 Å². The molecule has 1 atom stereocenters. The molecule has 0 saturated carbocycles. The first-order valence-corrected chi connectivity index (χ1v) is 10.5. The lowest BCUT2D eigenvalue weighted by molar-refractivity contribution is -0.127. The van der Waals surface area contributed by atoms with Crippen molar-refractivity contribution in [3.05, 3.63) is 24.3 Å². The Balaban J connectivity index is 1.61. The van der Waals surface area contributed by atoms with Crippen LogP contribution in [0, 0.1) is 0 Å². The van der Waals surface area contributed by atoms with E-state index in [0.717, 1.165) is 0 Å². The van der Waals surface area contributed by atoms with E-state index in [1.54, 1.807) is 23.3 Å². The molecular weight excluding hydrogens is 402 g/mol. The van der Waals surface area contributed by atoms with Crippen LogP contribution in [0.15, 0.2) is 37.6 Å². The summed E-state index contributed by atoms with van der Waals surface area (Å²) in [7, 11) is 0. The van der Waals surface area contributed by atoms with Crippen molar-refractivity contribution in [2.75, 3.05) is 24.7 Å². The maximum atomic E-state index is 12.1. The quantitative estimate of drug-likeness (QED) is 0.404. The number of hydrogen-bond acceptors (Lipinski definition) is 10. The Hall–Kier alpha value is -2.47. The Morgan fingerprint density at radius 3 is 2.75 bits per heavy atom. The van der Waals surface area contributed by atoms with Crippen molar-refractivity contribution in [3.63, 3.8) is 0 Å². The summed E-state index contributed by atoms with van der Waals surface area (Å²) in [5, 5.41) is 12.8. The number of amides is 1. The molecule has 0 aliphatic rings. The van der Waals surface area contributed by atoms with Crippen molar-refractivity contribution in [2.45, 2.75) is 36.3 Å². The average Bonchev–Trinajstić information content (AvgIpc) is 3.43. The van der Waals surface area contributed by atoms with E-state index >= 15 is 0 Å². The van der Waals surface area contributed by atoms with E-state index in [4.69, 9.17) is 14.8 Å². The van der Waals surface area contributed by atoms with Crippen LogP contribution in [-0.4, -0.2) is 54.7 Å². The topological polar surface area (TPSA) is 129 Å². The summed E-state index contributed by atoms with van der Waals surface area (Å²) in [6.07, 6.45) is 1.55. The fraction of sp³-hybridized carbons (Fsp3) is 0.438. The number of carbonyl (C=O) groups excluding carboxylic acids is 1. The number of furan rings is 1. The van der Waals surface area contributed by atoms with Crippen LogP contribution in [0.25, 0.3) is 11.6 Å². The number of rotatable bonds is 9. The van der Waals surface area contributed by atoms with E-state index in [-0.39, 0.29) is 16.9 Å². The lowest BCUT2D eigenvalue weighted by atomic mass is 10.4. The summed E-state index contributed by atoms with van der Waals surface area (Å²) in [5.74, 6) is 7.72. The summed E-state index contributed by atoms with van der Waals surface area (Å²) >= 11 is 2.59. The van der Waals surface area contributed by atoms with E-state index in [2.05, 4.69) is 20.3 Å². The first kappa shape index (κ1) is 20.3. The van der Waals surface area contributed by atoms with Crippen molar-refractivity contribution in [1.82, 2.24) is 29.9 Å². The number of hydrogen-bond donors (Lipinski definition) is 1. The van der Waals surface area contributed by atoms with Crippen LogP contribution in [-0.2, 0) is 4.79 Å². The number of aromatic nitrogens is 5. The van der Waals surface area contributed by atoms with Crippen LogP contribution in [0.1, 0.15) is 31.9 Å². The van der Waals surface area contributed by atoms with Crippen LogP contribution in [0.4, 0.5) is 0 Å². The molecule has 2 N–H and O–H groups in total. The summed E-state index contributed by atoms with van der Waals surface area (Å²) in [5.41, 5.74) is 0. The third-order valence-corrected chi connectivity index (χ3v) is 5.86. The van der Waals surface area contributed by atoms with Crippen LogP contribution >= 0.6 is 23.5 Å². The van der Waals surface area contributed by atoms with Gasteiger partial charge < -0.3 is 19.7 Å². The fourth-order valence-electron chi connectivity index (χ4n) is 2.35. The molecule has 3 rings (SSSR count). The molecule has 0 aromatic carbocycles. The molecule has 1 amide bonds. The Bertz CT molecular complexity index is 905. The Morgan fingerprint density at radius 1 is 1.32 bits per heavy atom. The van der Waals surface area contributed by atoms with Gasteiger partial charge in [0.15, 0.2) is 5.76 Å². The molecule has 0 aliphatic carbocycles. The molecule has 28 heavy (non-hydrogen) atoms. The van der Waals surface area contributed by atoms with Gasteiger partial charge in [0.05, 0.1) is 17.3 Å². The number of nitrogens with zero attached hydrogens (tertiary/aromatic N) is 6. The average molecular weight is 424 g/mol. The molecule has 0 fully saturated rings. The molecule has 12 heteroatoms. The maximum absolute atomic E-state index is 12.1. The molecule has 3 aromatic heterocycles. The zero-order valence-corrected chi connectivity index (χ0v) is 17.4. The standard InChI is InChI=1S/C16H21N7O3S2/c1-4-22(5-2)12(24)9-27-15-19-20-16(23(15)17)28-10(3)14-18-13(21-26-14)11-7-6-8-25-11/h6-8,10H,4-5,9,17H2,1-3H3. The minimum atomic E-state index is -0.196. The molecule has 0 spiro atoms. The summed E-state index contributed by atoms with van der Waals surface area (Å²) < 4.78 is 11.9. The highest BCUT2D eigenvalue weighted by molar-refractivity contribution is 8.00. The van der Waals surface area contributed by atoms with Crippen LogP contribution in [0.5, 0.6) is 0 Å². The Labute approximate surface area is 170 Å². The summed E-state index contributed by atoms with van der Waals surface area (Å²) in [6.45, 7) is 7.14. The molecule has 10 nitrogen and oxygen atoms in total. The Morgan fingerprint density at radius 2 is 2.07 bits per heavy atom. The first-order chi connectivity index (χ1) is 13.5. The minimum absolute atomic E-state index is 0.0388. The molecule has 150 valence electrons. The van der Waals surface area contributed by atoms with E-state index in [1.807, 2.05) is 20.8 Å². The minimum Gasteiger partial charge on any atom is -0.461 e. The highest BCUT2D eigenvalue weighted by Crippen LogP contribution is 2.34. The molecule has 1 unspecified atom stereocenters. The van der Waals surface area contributed by atoms with Crippen LogP contribution in [0.3, 0.4) is 0 Å². The van der Waals surface area contributed by atoms with Crippen LogP contribution in [0.2, 0.25) is 0 Å². The van der Waals surface area contributed by atoms with Crippen molar-refractivity contribution in [3.8, 4) is 11.6 Å². The van der Waals surface area contributed by atoms with E-state index in [0.29, 0.717) is 40.9 Å². The van der Waals surface area contributed by atoms with Crippen molar-refractivity contribution >= 4 is 29.4 Å². The molecule has 0 bridgehead atoms. The normalized spacial score (nSPS) is 12.2. The largest absolute Gasteiger partial charge is 0.461 e. The van der Waals surface area contributed by atoms with Gasteiger partial charge in [0.25, 0.3) is 0 Å². The van der Waals surface area contributed by atoms with Crippen molar-refractivity contribution in [2.24, 2.45) is 0 Å². The second kappa shape index (κ2) is 9.15. The van der Waals surface area contributed by atoms with E-state index in [1.165, 1.54) is 28.2 Å². The summed E-state index contributed by atoms with van der Waals surface area (Å²) in [4.78, 5) is 18.2. The number of nitrogens with two attached hydrogens (primary N) is 1. The van der Waals surface area contributed by atoms with Gasteiger partial charge in [-0.2, -0.15) is 4.98 Å². The highest BCUT2D eigenvalue weighted by Gasteiger charge is 2.22. The van der Waals surface area contributed by atoms with Crippen molar-refractivity contribution in [1.29, 1.82) is 0 Å². The van der Waals surface area contributed by atoms with Gasteiger partial charge in [0.2, 0.25) is 27.9 Å². The number of nitrogen functional groups attached to an aromatic ring is 1. The van der Waals surface area contributed by atoms with Gasteiger partial charge in [-0.25, -0.2) is 4.68 Å². The molecule has 0 saturated heterocycles. The third-order valence-electron chi connectivity index (χ3n) is 3.89. The zero-order chi connectivity index (χ0) is 20.1. The highest BCUT2D eigenvalue weighted by atomic mass is 32.2. The van der Waals surface area contributed by atoms with Gasteiger partial charge in [0.1, 0.15) is 0 Å². The van der Waals surface area contributed by atoms with Crippen molar-refractivity contribution < 1.29 is 13.7 Å². The van der Waals surface area contributed by atoms with Gasteiger partial charge in [-0.1, -0.05) is 28.7 Å². The Kier molecular flexibility index (Phi) is 6.62. The smallest absolute Gasteiger partial charge is 0.240 e. The molecule has 0 radical (unpaired) electrons. The fourth-order valence-corrected chi connectivity index (χ4v) is 3.97. The second-order valence-electron chi connectivity index (χ2n) is 5.68. The molecule has 0 aliphatic heterocycles. The van der Waals surface area contributed by atoms with Gasteiger partial charge in [0, 0.05) is 13.1 Å². The predicted molar refractivity (Wildman–Crippen MR) is 105 cm³/mol. The lowest BCUT2D eigenvalue weighted by Gasteiger charge is -2.17. The van der Waals surface area contributed by atoms with Gasteiger partial charge in [-0.05, 0) is 32.9 Å². The van der Waals surface area contributed by atoms with E-state index < -0.39 is 0 Å². The van der Waals surface area contributed by atoms with Gasteiger partial charge >= 0.3 is 0 Å². The number of carbonyl (C=O) groups is 1. The first-order valence-electron chi connectivity index (χ1n) is 8.68. The van der Waals surface area contributed by atoms with Crippen LogP contribution < -0.4 is 5.84 Å². The maximum Gasteiger partial charge on any atom is 0.240 e. The summed E-state index contributed by atoms with van der Waals surface area (Å²) in [6, 6.07) is 3.51. The second-order valence-corrected chi connectivity index (χ2v) is 7.93. The van der Waals surface area contributed by atoms with E-state index in [9.17, 15) is 4.79 Å². The SMILES string of the molecule is CCN(CC)C(=O)CSc1nnc(SC(C)c2nc(-c3ccco3)no2)n1N. The predicted octanol–water partition coefficient (Wildman–Crippen LogP) is 2.45. The molecule has 3 aromatic rings. The zero-order valence-electron chi connectivity index (χ0n) is 15.7. The monoisotopic (exact) mass is 423 g/mol. The number of thioether (sulfide) groups is 2. The lowest BCUT2D eigenvalue weighted by Crippen LogP contribution is -2.32. The molecule has 3 heterocycles. The molecular formula is C16H21N7O3S2.